The van der Waals surface area contributed by atoms with Gasteiger partial charge in [-0.1, -0.05) is 26.0 Å². The number of nitro benzene ring substituents is 1. The highest BCUT2D eigenvalue weighted by atomic mass is 16.6. The number of hydrogen-bond donors (Lipinski definition) is 1. The van der Waals surface area contributed by atoms with Gasteiger partial charge in [-0.15, -0.1) is 0 Å². The molecule has 0 spiro atoms. The Hall–Kier alpha value is -5.26. The molecule has 3 aromatic carbocycles. The number of rotatable bonds is 10. The number of carboxylic acid groups (broad SMARTS) is 1. The highest BCUT2D eigenvalue weighted by Gasteiger charge is 2.26. The summed E-state index contributed by atoms with van der Waals surface area (Å²) in [7, 11) is 2.87. The molecule has 1 N–H and O–H groups in total. The van der Waals surface area contributed by atoms with Crippen LogP contribution in [0.2, 0.25) is 0 Å². The summed E-state index contributed by atoms with van der Waals surface area (Å²) < 4.78 is 17.3. The summed E-state index contributed by atoms with van der Waals surface area (Å²) in [5, 5.41) is 25.9. The minimum atomic E-state index is -1.37. The minimum absolute atomic E-state index is 0.0736. The number of carboxylic acids is 1. The van der Waals surface area contributed by atoms with Crippen LogP contribution in [-0.4, -0.2) is 52.2 Å². The summed E-state index contributed by atoms with van der Waals surface area (Å²) in [5.74, 6) is -0.620. The molecule has 0 aliphatic carbocycles. The number of methoxy groups -OCH3 is 2. The van der Waals surface area contributed by atoms with E-state index in [1.54, 1.807) is 31.4 Å². The van der Waals surface area contributed by atoms with Gasteiger partial charge in [0, 0.05) is 17.2 Å². The molecule has 0 saturated heterocycles. The molecule has 42 heavy (non-hydrogen) atoms. The Morgan fingerprint density at radius 1 is 1.10 bits per heavy atom. The standard InChI is InChI=1S/C30H30N4O8/c1-16(2)21-14-22(17(3)11-25(21)40-5)28-32-23-10-8-7-9-20(23)29(35)33(28)31-15-19-12-24(34(38)39)27(26(13-19)41-6)42-18(4)30(36)37/h7-16,18H,1-6H3,(H,36,37)/t18-/m1/s1. The predicted molar refractivity (Wildman–Crippen MR) is 157 cm³/mol. The number of nitro groups is 1. The van der Waals surface area contributed by atoms with Gasteiger partial charge < -0.3 is 19.3 Å². The highest BCUT2D eigenvalue weighted by Crippen LogP contribution is 2.39. The van der Waals surface area contributed by atoms with Crippen molar-refractivity contribution >= 4 is 28.8 Å². The Labute approximate surface area is 241 Å². The number of para-hydroxylation sites is 1. The number of ether oxygens (including phenoxy) is 3. The van der Waals surface area contributed by atoms with Gasteiger partial charge in [-0.3, -0.25) is 14.9 Å². The monoisotopic (exact) mass is 574 g/mol. The smallest absolute Gasteiger partial charge is 0.344 e. The number of hydrogen-bond acceptors (Lipinski definition) is 9. The second-order valence-corrected chi connectivity index (χ2v) is 9.80. The first-order valence-electron chi connectivity index (χ1n) is 13.0. The summed E-state index contributed by atoms with van der Waals surface area (Å²) in [6.45, 7) is 7.18. The number of carbonyl (C=O) groups is 1. The second kappa shape index (κ2) is 12.1. The van der Waals surface area contributed by atoms with Gasteiger partial charge >= 0.3 is 11.7 Å². The van der Waals surface area contributed by atoms with Crippen LogP contribution in [0.25, 0.3) is 22.3 Å². The number of aromatic nitrogens is 2. The third kappa shape index (κ3) is 5.78. The van der Waals surface area contributed by atoms with Crippen LogP contribution < -0.4 is 19.8 Å². The molecular weight excluding hydrogens is 544 g/mol. The molecule has 4 aromatic rings. The molecule has 0 fully saturated rings. The van der Waals surface area contributed by atoms with Crippen LogP contribution in [-0.2, 0) is 4.79 Å². The fourth-order valence-electron chi connectivity index (χ4n) is 4.41. The van der Waals surface area contributed by atoms with Crippen molar-refractivity contribution < 1.29 is 29.0 Å². The molecular formula is C30H30N4O8. The van der Waals surface area contributed by atoms with Crippen LogP contribution in [0.5, 0.6) is 17.2 Å². The lowest BCUT2D eigenvalue weighted by Gasteiger charge is -2.17. The number of aryl methyl sites for hydroxylation is 1. The molecule has 4 rings (SSSR count). The zero-order valence-corrected chi connectivity index (χ0v) is 23.9. The van der Waals surface area contributed by atoms with E-state index in [9.17, 15) is 24.8 Å². The first-order chi connectivity index (χ1) is 20.0. The molecule has 12 nitrogen and oxygen atoms in total. The van der Waals surface area contributed by atoms with Crippen LogP contribution in [0.15, 0.2) is 58.4 Å². The summed E-state index contributed by atoms with van der Waals surface area (Å²) >= 11 is 0. The summed E-state index contributed by atoms with van der Waals surface area (Å²) in [6.07, 6.45) is -0.103. The van der Waals surface area contributed by atoms with E-state index in [2.05, 4.69) is 5.10 Å². The van der Waals surface area contributed by atoms with Gasteiger partial charge in [0.15, 0.2) is 17.7 Å². The Kier molecular flexibility index (Phi) is 8.55. The minimum Gasteiger partial charge on any atom is -0.496 e. The van der Waals surface area contributed by atoms with E-state index in [0.29, 0.717) is 22.2 Å². The van der Waals surface area contributed by atoms with Crippen molar-refractivity contribution in [2.75, 3.05) is 14.2 Å². The second-order valence-electron chi connectivity index (χ2n) is 9.80. The zero-order chi connectivity index (χ0) is 30.7. The van der Waals surface area contributed by atoms with E-state index in [0.717, 1.165) is 21.9 Å². The maximum absolute atomic E-state index is 13.7. The summed E-state index contributed by atoms with van der Waals surface area (Å²) in [6, 6.07) is 13.2. The molecule has 0 unspecified atom stereocenters. The lowest BCUT2D eigenvalue weighted by molar-refractivity contribution is -0.386. The maximum Gasteiger partial charge on any atom is 0.344 e. The molecule has 0 saturated carbocycles. The van der Waals surface area contributed by atoms with E-state index in [1.165, 1.54) is 26.3 Å². The van der Waals surface area contributed by atoms with Crippen LogP contribution in [0.3, 0.4) is 0 Å². The van der Waals surface area contributed by atoms with Gasteiger partial charge in [0.1, 0.15) is 5.75 Å². The third-order valence-electron chi connectivity index (χ3n) is 6.63. The number of nitrogens with zero attached hydrogens (tertiary/aromatic N) is 4. The molecule has 1 atom stereocenters. The lowest BCUT2D eigenvalue weighted by atomic mass is 9.96. The van der Waals surface area contributed by atoms with Crippen molar-refractivity contribution in [3.63, 3.8) is 0 Å². The number of benzene rings is 3. The van der Waals surface area contributed by atoms with Gasteiger partial charge in [-0.25, -0.2) is 9.78 Å². The Morgan fingerprint density at radius 3 is 2.40 bits per heavy atom. The van der Waals surface area contributed by atoms with Crippen LogP contribution >= 0.6 is 0 Å². The summed E-state index contributed by atoms with van der Waals surface area (Å²) in [4.78, 5) is 41.0. The topological polar surface area (TPSA) is 155 Å². The lowest BCUT2D eigenvalue weighted by Crippen LogP contribution is -2.23. The Morgan fingerprint density at radius 2 is 1.79 bits per heavy atom. The predicted octanol–water partition coefficient (Wildman–Crippen LogP) is 5.15. The van der Waals surface area contributed by atoms with Crippen molar-refractivity contribution in [2.24, 2.45) is 5.10 Å². The molecule has 0 aliphatic rings. The molecule has 12 heteroatoms. The molecule has 0 radical (unpaired) electrons. The van der Waals surface area contributed by atoms with Crippen LogP contribution in [0.4, 0.5) is 5.69 Å². The molecule has 218 valence electrons. The quantitative estimate of drug-likeness (QED) is 0.154. The van der Waals surface area contributed by atoms with Gasteiger partial charge in [0.2, 0.25) is 5.75 Å². The highest BCUT2D eigenvalue weighted by molar-refractivity contribution is 5.85. The van der Waals surface area contributed by atoms with E-state index in [4.69, 9.17) is 19.2 Å². The van der Waals surface area contributed by atoms with Crippen LogP contribution in [0.1, 0.15) is 43.4 Å². The van der Waals surface area contributed by atoms with Crippen molar-refractivity contribution in [1.29, 1.82) is 0 Å². The van der Waals surface area contributed by atoms with Crippen molar-refractivity contribution in [3.8, 4) is 28.6 Å². The van der Waals surface area contributed by atoms with Crippen LogP contribution in [0, 0.1) is 17.0 Å². The van der Waals surface area contributed by atoms with Gasteiger partial charge in [0.05, 0.1) is 36.3 Å². The van der Waals surface area contributed by atoms with E-state index in [1.807, 2.05) is 32.9 Å². The molecule has 0 bridgehead atoms. The fraction of sp³-hybridized carbons (Fsp3) is 0.267. The zero-order valence-electron chi connectivity index (χ0n) is 23.9. The van der Waals surface area contributed by atoms with Crippen molar-refractivity contribution in [2.45, 2.75) is 39.7 Å². The SMILES string of the molecule is COc1cc(C)c(-c2nc3ccccc3c(=O)n2N=Cc2cc(OC)c(O[C@H](C)C(=O)O)c([N+](=O)[O-])c2)cc1C(C)C. The van der Waals surface area contributed by atoms with Crippen molar-refractivity contribution in [1.82, 2.24) is 9.66 Å². The van der Waals surface area contributed by atoms with E-state index < -0.39 is 28.2 Å². The summed E-state index contributed by atoms with van der Waals surface area (Å²) in [5.41, 5.74) is 2.10. The fourth-order valence-corrected chi connectivity index (χ4v) is 4.41. The first kappa shape index (κ1) is 29.7. The van der Waals surface area contributed by atoms with Crippen molar-refractivity contribution in [3.05, 3.63) is 85.7 Å². The number of fused-ring (bicyclic) bond motifs is 1. The Bertz CT molecular complexity index is 1780. The van der Waals surface area contributed by atoms with Gasteiger partial charge in [-0.05, 0) is 61.2 Å². The van der Waals surface area contributed by atoms with Gasteiger partial charge in [-0.2, -0.15) is 9.78 Å². The van der Waals surface area contributed by atoms with Gasteiger partial charge in [0.25, 0.3) is 5.56 Å². The van der Waals surface area contributed by atoms with E-state index >= 15 is 0 Å². The average molecular weight is 575 g/mol. The Balaban J connectivity index is 1.94. The third-order valence-corrected chi connectivity index (χ3v) is 6.63. The molecule has 0 amide bonds. The molecule has 1 aromatic heterocycles. The number of aliphatic carboxylic acids is 1. The normalized spacial score (nSPS) is 12.1. The molecule has 0 aliphatic heterocycles. The first-order valence-corrected chi connectivity index (χ1v) is 13.0. The molecule has 1 heterocycles. The maximum atomic E-state index is 13.7. The largest absolute Gasteiger partial charge is 0.496 e. The average Bonchev–Trinajstić information content (AvgIpc) is 2.96. The van der Waals surface area contributed by atoms with E-state index in [-0.39, 0.29) is 28.8 Å².